The first kappa shape index (κ1) is 11.3. The number of alkyl halides is 3. The molecule has 4 nitrogen and oxygen atoms in total. The van der Waals surface area contributed by atoms with Crippen LogP contribution in [0.15, 0.2) is 12.1 Å². The molecule has 82 valence electrons. The van der Waals surface area contributed by atoms with Gasteiger partial charge in [0.1, 0.15) is 5.82 Å². The van der Waals surface area contributed by atoms with E-state index < -0.39 is 29.8 Å². The van der Waals surface area contributed by atoms with Crippen molar-refractivity contribution in [1.82, 2.24) is 4.98 Å². The molecular formula is C8H7F3N2O2. The number of halogens is 3. The number of hydrogen-bond donors (Lipinski definition) is 2. The Morgan fingerprint density at radius 2 is 2.07 bits per heavy atom. The number of carboxylic acids is 1. The maximum atomic E-state index is 12.4. The van der Waals surface area contributed by atoms with Gasteiger partial charge < -0.3 is 10.8 Å². The molecule has 15 heavy (non-hydrogen) atoms. The summed E-state index contributed by atoms with van der Waals surface area (Å²) in [5.74, 6) is -1.53. The van der Waals surface area contributed by atoms with Gasteiger partial charge in [-0.25, -0.2) is 4.98 Å². The van der Waals surface area contributed by atoms with E-state index in [2.05, 4.69) is 4.98 Å². The number of nitrogens with zero attached hydrogens (tertiary/aromatic N) is 1. The van der Waals surface area contributed by atoms with Crippen LogP contribution in [0.1, 0.15) is 11.3 Å². The molecule has 3 N–H and O–H groups in total. The molecule has 0 spiro atoms. The molecule has 0 atom stereocenters. The van der Waals surface area contributed by atoms with Gasteiger partial charge in [0.05, 0.1) is 17.7 Å². The zero-order chi connectivity index (χ0) is 11.6. The summed E-state index contributed by atoms with van der Waals surface area (Å²) in [6.07, 6.45) is -5.43. The molecule has 0 saturated carbocycles. The van der Waals surface area contributed by atoms with E-state index in [-0.39, 0.29) is 5.82 Å². The molecule has 0 bridgehead atoms. The first-order chi connectivity index (χ1) is 6.80. The van der Waals surface area contributed by atoms with Crippen LogP contribution in [0.5, 0.6) is 0 Å². The van der Waals surface area contributed by atoms with Crippen LogP contribution in [0.25, 0.3) is 0 Å². The summed E-state index contributed by atoms with van der Waals surface area (Å²) < 4.78 is 37.1. The maximum absolute atomic E-state index is 12.4. The Labute approximate surface area is 82.5 Å². The van der Waals surface area contributed by atoms with Gasteiger partial charge in [0, 0.05) is 0 Å². The number of anilines is 1. The van der Waals surface area contributed by atoms with E-state index in [1.165, 1.54) is 0 Å². The van der Waals surface area contributed by atoms with E-state index in [4.69, 9.17) is 10.8 Å². The number of pyridine rings is 1. The van der Waals surface area contributed by atoms with Gasteiger partial charge in [-0.2, -0.15) is 13.2 Å². The van der Waals surface area contributed by atoms with Crippen molar-refractivity contribution in [2.45, 2.75) is 12.6 Å². The number of rotatable bonds is 2. The fraction of sp³-hybridized carbons (Fsp3) is 0.250. The van der Waals surface area contributed by atoms with Gasteiger partial charge in [-0.3, -0.25) is 4.79 Å². The van der Waals surface area contributed by atoms with Crippen LogP contribution in [0.3, 0.4) is 0 Å². The Morgan fingerprint density at radius 3 is 2.53 bits per heavy atom. The second-order valence-corrected chi connectivity index (χ2v) is 2.80. The first-order valence-corrected chi connectivity index (χ1v) is 3.85. The van der Waals surface area contributed by atoms with E-state index in [0.717, 1.165) is 12.1 Å². The molecule has 0 aliphatic carbocycles. The topological polar surface area (TPSA) is 76.2 Å². The average molecular weight is 220 g/mol. The van der Waals surface area contributed by atoms with Crippen molar-refractivity contribution in [1.29, 1.82) is 0 Å². The lowest BCUT2D eigenvalue weighted by Crippen LogP contribution is -2.14. The Bertz CT molecular complexity index is 390. The first-order valence-electron chi connectivity index (χ1n) is 3.85. The van der Waals surface area contributed by atoms with Crippen molar-refractivity contribution in [3.8, 4) is 0 Å². The quantitative estimate of drug-likeness (QED) is 0.787. The minimum Gasteiger partial charge on any atom is -0.481 e. The number of carbonyl (C=O) groups is 1. The van der Waals surface area contributed by atoms with Crippen LogP contribution in [0.4, 0.5) is 19.0 Å². The van der Waals surface area contributed by atoms with Crippen molar-refractivity contribution in [2.75, 3.05) is 5.73 Å². The van der Waals surface area contributed by atoms with E-state index >= 15 is 0 Å². The molecule has 0 radical (unpaired) electrons. The molecule has 0 aliphatic heterocycles. The van der Waals surface area contributed by atoms with Crippen molar-refractivity contribution in [3.63, 3.8) is 0 Å². The summed E-state index contributed by atoms with van der Waals surface area (Å²) in [6, 6.07) is 1.70. The molecule has 0 saturated heterocycles. The van der Waals surface area contributed by atoms with E-state index in [0.29, 0.717) is 0 Å². The highest BCUT2D eigenvalue weighted by molar-refractivity contribution is 5.70. The highest BCUT2D eigenvalue weighted by Gasteiger charge is 2.34. The zero-order valence-electron chi connectivity index (χ0n) is 7.38. The highest BCUT2D eigenvalue weighted by Crippen LogP contribution is 2.31. The molecular weight excluding hydrogens is 213 g/mol. The van der Waals surface area contributed by atoms with Gasteiger partial charge in [0.15, 0.2) is 0 Å². The van der Waals surface area contributed by atoms with Gasteiger partial charge in [-0.05, 0) is 12.1 Å². The largest absolute Gasteiger partial charge is 0.481 e. The molecule has 1 rings (SSSR count). The molecule has 1 heterocycles. The van der Waals surface area contributed by atoms with Crippen molar-refractivity contribution >= 4 is 11.8 Å². The molecule has 0 aliphatic rings. The van der Waals surface area contributed by atoms with Crippen LogP contribution in [0, 0.1) is 0 Å². The molecule has 0 unspecified atom stereocenters. The van der Waals surface area contributed by atoms with Crippen LogP contribution in [-0.2, 0) is 17.4 Å². The average Bonchev–Trinajstić information content (AvgIpc) is 1.99. The third-order valence-electron chi connectivity index (χ3n) is 1.62. The minimum atomic E-state index is -4.62. The van der Waals surface area contributed by atoms with E-state index in [9.17, 15) is 18.0 Å². The highest BCUT2D eigenvalue weighted by atomic mass is 19.4. The fourth-order valence-electron chi connectivity index (χ4n) is 1.05. The Balaban J connectivity index is 3.20. The maximum Gasteiger partial charge on any atom is 0.418 e. The smallest absolute Gasteiger partial charge is 0.418 e. The Kier molecular flexibility index (Phi) is 2.83. The number of nitrogens with two attached hydrogens (primary N) is 1. The van der Waals surface area contributed by atoms with Crippen LogP contribution in [-0.4, -0.2) is 16.1 Å². The van der Waals surface area contributed by atoms with Gasteiger partial charge in [-0.1, -0.05) is 0 Å². The van der Waals surface area contributed by atoms with Gasteiger partial charge in [0.25, 0.3) is 0 Å². The Morgan fingerprint density at radius 1 is 1.47 bits per heavy atom. The predicted octanol–water partition coefficient (Wildman–Crippen LogP) is 1.31. The van der Waals surface area contributed by atoms with Gasteiger partial charge in [0.2, 0.25) is 0 Å². The summed E-state index contributed by atoms with van der Waals surface area (Å²) in [5.41, 5.74) is 3.53. The standard InChI is InChI=1S/C8H7F3N2O2/c9-8(10,11)4-1-2-6(12)13-5(4)3-7(14)15/h1-2H,3H2,(H2,12,13)(H,14,15). The van der Waals surface area contributed by atoms with Crippen molar-refractivity contribution < 1.29 is 23.1 Å². The molecule has 0 fully saturated rings. The van der Waals surface area contributed by atoms with E-state index in [1.807, 2.05) is 0 Å². The minimum absolute atomic E-state index is 0.140. The lowest BCUT2D eigenvalue weighted by Gasteiger charge is -2.10. The number of hydrogen-bond acceptors (Lipinski definition) is 3. The fourth-order valence-corrected chi connectivity index (χ4v) is 1.05. The molecule has 0 amide bonds. The number of nitrogen functional groups attached to an aromatic ring is 1. The normalized spacial score (nSPS) is 11.4. The second-order valence-electron chi connectivity index (χ2n) is 2.80. The second kappa shape index (κ2) is 3.76. The lowest BCUT2D eigenvalue weighted by molar-refractivity contribution is -0.140. The molecule has 1 aromatic rings. The summed E-state index contributed by atoms with van der Waals surface area (Å²) in [5, 5.41) is 8.40. The van der Waals surface area contributed by atoms with E-state index in [1.54, 1.807) is 0 Å². The van der Waals surface area contributed by atoms with Crippen LogP contribution < -0.4 is 5.73 Å². The number of aliphatic carboxylic acids is 1. The molecule has 0 aromatic carbocycles. The molecule has 1 aromatic heterocycles. The lowest BCUT2D eigenvalue weighted by atomic mass is 10.1. The van der Waals surface area contributed by atoms with Gasteiger partial charge >= 0.3 is 12.1 Å². The summed E-state index contributed by atoms with van der Waals surface area (Å²) in [4.78, 5) is 13.7. The zero-order valence-corrected chi connectivity index (χ0v) is 7.38. The van der Waals surface area contributed by atoms with Crippen molar-refractivity contribution in [3.05, 3.63) is 23.4 Å². The third kappa shape index (κ3) is 2.83. The third-order valence-corrected chi connectivity index (χ3v) is 1.62. The summed E-state index contributed by atoms with van der Waals surface area (Å²) in [7, 11) is 0. The Hall–Kier alpha value is -1.79. The number of aromatic nitrogens is 1. The monoisotopic (exact) mass is 220 g/mol. The number of carboxylic acid groups (broad SMARTS) is 1. The van der Waals surface area contributed by atoms with Gasteiger partial charge in [-0.15, -0.1) is 0 Å². The van der Waals surface area contributed by atoms with Crippen LogP contribution >= 0.6 is 0 Å². The predicted molar refractivity (Wildman–Crippen MR) is 45.0 cm³/mol. The van der Waals surface area contributed by atoms with Crippen LogP contribution in [0.2, 0.25) is 0 Å². The SMILES string of the molecule is Nc1ccc(C(F)(F)F)c(CC(=O)O)n1. The van der Waals surface area contributed by atoms with Crippen molar-refractivity contribution in [2.24, 2.45) is 0 Å². The summed E-state index contributed by atoms with van der Waals surface area (Å²) in [6.45, 7) is 0. The summed E-state index contributed by atoms with van der Waals surface area (Å²) >= 11 is 0. The molecule has 7 heteroatoms.